The Kier molecular flexibility index (Phi) is 3.15. The van der Waals surface area contributed by atoms with Gasteiger partial charge in [-0.05, 0) is 30.3 Å². The van der Waals surface area contributed by atoms with Crippen molar-refractivity contribution in [2.45, 2.75) is 6.61 Å². The highest BCUT2D eigenvalue weighted by Crippen LogP contribution is 2.30. The number of aliphatic hydroxyl groups excluding tert-OH is 1. The van der Waals surface area contributed by atoms with Crippen LogP contribution in [0.5, 0.6) is 0 Å². The van der Waals surface area contributed by atoms with Crippen molar-refractivity contribution in [2.75, 3.05) is 5.32 Å². The Hall–Kier alpha value is -1.97. The van der Waals surface area contributed by atoms with E-state index >= 15 is 0 Å². The normalized spacial score (nSPS) is 10.8. The molecule has 0 atom stereocenters. The fourth-order valence-electron chi connectivity index (χ4n) is 2.14. The van der Waals surface area contributed by atoms with Crippen LogP contribution in [0.25, 0.3) is 10.9 Å². The number of nitrogens with one attached hydrogen (secondary N) is 2. The summed E-state index contributed by atoms with van der Waals surface area (Å²) >= 11 is 5.87. The first kappa shape index (κ1) is 12.1. The number of hydrogen-bond donors (Lipinski definition) is 3. The van der Waals surface area contributed by atoms with Crippen LogP contribution in [0, 0.1) is 0 Å². The van der Waals surface area contributed by atoms with Crippen molar-refractivity contribution in [3.8, 4) is 0 Å². The minimum absolute atomic E-state index is 0.0371. The lowest BCUT2D eigenvalue weighted by molar-refractivity contribution is 0.278. The lowest BCUT2D eigenvalue weighted by Crippen LogP contribution is -1.94. The van der Waals surface area contributed by atoms with Gasteiger partial charge in [0.05, 0.1) is 18.0 Å². The molecule has 2 aromatic carbocycles. The van der Waals surface area contributed by atoms with E-state index in [1.54, 1.807) is 0 Å². The van der Waals surface area contributed by atoms with E-state index in [2.05, 4.69) is 10.3 Å². The highest BCUT2D eigenvalue weighted by Gasteiger charge is 2.10. The highest BCUT2D eigenvalue weighted by atomic mass is 35.5. The van der Waals surface area contributed by atoms with Crippen LogP contribution in [0.15, 0.2) is 48.5 Å². The number of H-pyrrole nitrogens is 1. The SMILES string of the molecule is OCc1[nH]c2ccccc2c1Nc1ccc(Cl)cc1. The molecular formula is C15H13ClN2O. The van der Waals surface area contributed by atoms with Crippen molar-refractivity contribution in [3.63, 3.8) is 0 Å². The molecule has 3 nitrogen and oxygen atoms in total. The van der Waals surface area contributed by atoms with E-state index < -0.39 is 0 Å². The quantitative estimate of drug-likeness (QED) is 0.673. The number of halogens is 1. The van der Waals surface area contributed by atoms with Gasteiger partial charge in [0.2, 0.25) is 0 Å². The molecule has 0 saturated carbocycles. The van der Waals surface area contributed by atoms with Crippen molar-refractivity contribution >= 4 is 33.9 Å². The molecule has 0 aliphatic rings. The minimum Gasteiger partial charge on any atom is -0.390 e. The Bertz CT molecular complexity index is 704. The maximum Gasteiger partial charge on any atom is 0.0852 e. The van der Waals surface area contributed by atoms with Gasteiger partial charge in [0, 0.05) is 21.6 Å². The molecule has 96 valence electrons. The second kappa shape index (κ2) is 4.96. The van der Waals surface area contributed by atoms with Crippen molar-refractivity contribution in [1.82, 2.24) is 4.98 Å². The van der Waals surface area contributed by atoms with Gasteiger partial charge in [-0.15, -0.1) is 0 Å². The number of aliphatic hydroxyl groups is 1. The molecule has 0 radical (unpaired) electrons. The zero-order chi connectivity index (χ0) is 13.2. The average Bonchev–Trinajstić information content (AvgIpc) is 2.79. The summed E-state index contributed by atoms with van der Waals surface area (Å²) in [6, 6.07) is 15.4. The van der Waals surface area contributed by atoms with Gasteiger partial charge in [-0.3, -0.25) is 0 Å². The Morgan fingerprint density at radius 3 is 2.53 bits per heavy atom. The Balaban J connectivity index is 2.06. The third-order valence-corrected chi connectivity index (χ3v) is 3.31. The zero-order valence-electron chi connectivity index (χ0n) is 10.2. The molecule has 0 bridgehead atoms. The lowest BCUT2D eigenvalue weighted by atomic mass is 10.2. The van der Waals surface area contributed by atoms with E-state index in [1.807, 2.05) is 48.5 Å². The molecule has 3 rings (SSSR count). The lowest BCUT2D eigenvalue weighted by Gasteiger charge is -2.07. The number of aromatic nitrogens is 1. The molecule has 0 spiro atoms. The standard InChI is InChI=1S/C15H13ClN2O/c16-10-5-7-11(8-6-10)17-15-12-3-1-2-4-13(12)18-14(15)9-19/h1-8,17-19H,9H2. The van der Waals surface area contributed by atoms with Crippen LogP contribution in [-0.2, 0) is 6.61 Å². The van der Waals surface area contributed by atoms with Gasteiger partial charge < -0.3 is 15.4 Å². The molecule has 1 aromatic heterocycles. The summed E-state index contributed by atoms with van der Waals surface area (Å²) in [5.41, 5.74) is 3.61. The van der Waals surface area contributed by atoms with Crippen LogP contribution in [-0.4, -0.2) is 10.1 Å². The van der Waals surface area contributed by atoms with Gasteiger partial charge in [-0.25, -0.2) is 0 Å². The smallest absolute Gasteiger partial charge is 0.0852 e. The maximum absolute atomic E-state index is 9.45. The van der Waals surface area contributed by atoms with E-state index in [-0.39, 0.29) is 6.61 Å². The molecule has 4 heteroatoms. The molecule has 3 N–H and O–H groups in total. The van der Waals surface area contributed by atoms with Gasteiger partial charge in [-0.1, -0.05) is 29.8 Å². The molecule has 0 fully saturated rings. The summed E-state index contributed by atoms with van der Waals surface area (Å²) < 4.78 is 0. The summed E-state index contributed by atoms with van der Waals surface area (Å²) in [4.78, 5) is 3.21. The largest absolute Gasteiger partial charge is 0.390 e. The first-order chi connectivity index (χ1) is 9.28. The second-order valence-corrected chi connectivity index (χ2v) is 4.75. The highest BCUT2D eigenvalue weighted by molar-refractivity contribution is 6.30. The minimum atomic E-state index is -0.0371. The summed E-state index contributed by atoms with van der Waals surface area (Å²) in [7, 11) is 0. The molecule has 0 unspecified atom stereocenters. The number of para-hydroxylation sites is 1. The van der Waals surface area contributed by atoms with Crippen LogP contribution in [0.3, 0.4) is 0 Å². The van der Waals surface area contributed by atoms with Gasteiger partial charge in [-0.2, -0.15) is 0 Å². The van der Waals surface area contributed by atoms with Gasteiger partial charge in [0.1, 0.15) is 0 Å². The van der Waals surface area contributed by atoms with Crippen LogP contribution < -0.4 is 5.32 Å². The van der Waals surface area contributed by atoms with Crippen molar-refractivity contribution in [1.29, 1.82) is 0 Å². The number of hydrogen-bond acceptors (Lipinski definition) is 2. The molecule has 0 aliphatic carbocycles. The molecular weight excluding hydrogens is 260 g/mol. The van der Waals surface area contributed by atoms with Crippen LogP contribution in [0.2, 0.25) is 5.02 Å². The van der Waals surface area contributed by atoms with Crippen molar-refractivity contribution < 1.29 is 5.11 Å². The number of fused-ring (bicyclic) bond motifs is 1. The van der Waals surface area contributed by atoms with Gasteiger partial charge in [0.15, 0.2) is 0 Å². The predicted molar refractivity (Wildman–Crippen MR) is 79.0 cm³/mol. The molecule has 0 amide bonds. The van der Waals surface area contributed by atoms with Crippen molar-refractivity contribution in [3.05, 3.63) is 59.2 Å². The molecule has 3 aromatic rings. The molecule has 19 heavy (non-hydrogen) atoms. The first-order valence-corrected chi connectivity index (χ1v) is 6.39. The van der Waals surface area contributed by atoms with E-state index in [1.165, 1.54) is 0 Å². The monoisotopic (exact) mass is 272 g/mol. The fourth-order valence-corrected chi connectivity index (χ4v) is 2.26. The first-order valence-electron chi connectivity index (χ1n) is 6.01. The Morgan fingerprint density at radius 2 is 1.79 bits per heavy atom. The third kappa shape index (κ3) is 2.30. The maximum atomic E-state index is 9.45. The Labute approximate surface area is 115 Å². The summed E-state index contributed by atoms with van der Waals surface area (Å²) in [5, 5.41) is 14.5. The van der Waals surface area contributed by atoms with E-state index in [9.17, 15) is 5.11 Å². The van der Waals surface area contributed by atoms with Gasteiger partial charge in [0.25, 0.3) is 0 Å². The number of rotatable bonds is 3. The van der Waals surface area contributed by atoms with Gasteiger partial charge >= 0.3 is 0 Å². The van der Waals surface area contributed by atoms with E-state index in [0.717, 1.165) is 28.0 Å². The predicted octanol–water partition coefficient (Wildman–Crippen LogP) is 4.06. The molecule has 0 aliphatic heterocycles. The number of anilines is 2. The van der Waals surface area contributed by atoms with E-state index in [4.69, 9.17) is 11.6 Å². The molecule has 1 heterocycles. The summed E-state index contributed by atoms with van der Waals surface area (Å²) in [6.07, 6.45) is 0. The topological polar surface area (TPSA) is 48.0 Å². The average molecular weight is 273 g/mol. The van der Waals surface area contributed by atoms with Crippen molar-refractivity contribution in [2.24, 2.45) is 0 Å². The summed E-state index contributed by atoms with van der Waals surface area (Å²) in [5.74, 6) is 0. The second-order valence-electron chi connectivity index (χ2n) is 4.31. The number of aromatic amines is 1. The fraction of sp³-hybridized carbons (Fsp3) is 0.0667. The van der Waals surface area contributed by atoms with Crippen LogP contribution >= 0.6 is 11.6 Å². The summed E-state index contributed by atoms with van der Waals surface area (Å²) in [6.45, 7) is -0.0371. The zero-order valence-corrected chi connectivity index (χ0v) is 10.9. The number of benzene rings is 2. The van der Waals surface area contributed by atoms with Crippen LogP contribution in [0.1, 0.15) is 5.69 Å². The third-order valence-electron chi connectivity index (χ3n) is 3.06. The van der Waals surface area contributed by atoms with E-state index in [0.29, 0.717) is 5.02 Å². The Morgan fingerprint density at radius 1 is 1.05 bits per heavy atom. The van der Waals surface area contributed by atoms with Crippen LogP contribution in [0.4, 0.5) is 11.4 Å². The molecule has 0 saturated heterocycles.